The molecule has 4 rings (SSSR count). The Hall–Kier alpha value is -2.06. The van der Waals surface area contributed by atoms with Crippen molar-refractivity contribution >= 4 is 23.5 Å². The van der Waals surface area contributed by atoms with Crippen LogP contribution in [0.15, 0.2) is 11.6 Å². The number of ketones is 2. The molecule has 3 N–H and O–H groups in total. The van der Waals surface area contributed by atoms with E-state index in [4.69, 9.17) is 9.84 Å². The van der Waals surface area contributed by atoms with E-state index in [0.717, 1.165) is 24.8 Å². The summed E-state index contributed by atoms with van der Waals surface area (Å²) in [7, 11) is 0. The molecule has 3 saturated carbocycles. The van der Waals surface area contributed by atoms with Crippen molar-refractivity contribution in [3.05, 3.63) is 11.6 Å². The lowest BCUT2D eigenvalue weighted by molar-refractivity contribution is -0.184. The molecule has 4 aliphatic carbocycles. The molecule has 0 aliphatic heterocycles. The van der Waals surface area contributed by atoms with E-state index in [1.54, 1.807) is 6.08 Å². The molecule has 8 nitrogen and oxygen atoms in total. The summed E-state index contributed by atoms with van der Waals surface area (Å²) in [6.45, 7) is 3.41. The summed E-state index contributed by atoms with van der Waals surface area (Å²) in [5.41, 5.74) is -1.68. The summed E-state index contributed by atoms with van der Waals surface area (Å²) >= 11 is 0. The van der Waals surface area contributed by atoms with Crippen LogP contribution < -0.4 is 0 Å². The fourth-order valence-corrected chi connectivity index (χ4v) is 7.70. The Morgan fingerprint density at radius 1 is 1.12 bits per heavy atom. The number of Topliss-reactive ketones (excluding diaryl/α,β-unsaturated/α-hetero) is 1. The maximum Gasteiger partial charge on any atom is 0.306 e. The van der Waals surface area contributed by atoms with Crippen molar-refractivity contribution in [2.45, 2.75) is 83.3 Å². The van der Waals surface area contributed by atoms with Gasteiger partial charge in [-0.25, -0.2) is 0 Å². The van der Waals surface area contributed by atoms with Crippen LogP contribution in [0.1, 0.15) is 71.6 Å². The summed E-state index contributed by atoms with van der Waals surface area (Å²) in [5, 5.41) is 31.6. The number of carboxylic acids is 1. The molecule has 7 atom stereocenters. The highest BCUT2D eigenvalue weighted by Crippen LogP contribution is 2.67. The van der Waals surface area contributed by atoms with Crippen molar-refractivity contribution in [3.63, 3.8) is 0 Å². The predicted molar refractivity (Wildman–Crippen MR) is 116 cm³/mol. The number of aliphatic carboxylic acids is 1. The number of fused-ring (bicyclic) bond motifs is 5. The first-order chi connectivity index (χ1) is 15.4. The third-order valence-electron chi connectivity index (χ3n) is 9.42. The number of allylic oxidation sites excluding steroid dienone is 1. The minimum Gasteiger partial charge on any atom is -0.481 e. The van der Waals surface area contributed by atoms with Gasteiger partial charge in [-0.3, -0.25) is 19.2 Å². The van der Waals surface area contributed by atoms with Gasteiger partial charge in [0, 0.05) is 11.8 Å². The number of hydrogen-bond donors (Lipinski definition) is 3. The van der Waals surface area contributed by atoms with Crippen LogP contribution in [0.2, 0.25) is 0 Å². The van der Waals surface area contributed by atoms with Crippen LogP contribution in [0.4, 0.5) is 0 Å². The van der Waals surface area contributed by atoms with E-state index in [9.17, 15) is 29.4 Å². The number of carboxylic acid groups (broad SMARTS) is 1. The summed E-state index contributed by atoms with van der Waals surface area (Å²) in [6, 6.07) is 0. The number of aliphatic hydroxyl groups is 2. The molecule has 0 aromatic carbocycles. The van der Waals surface area contributed by atoms with Gasteiger partial charge in [-0.05, 0) is 67.8 Å². The Morgan fingerprint density at radius 2 is 1.85 bits per heavy atom. The van der Waals surface area contributed by atoms with E-state index in [1.807, 2.05) is 6.92 Å². The largest absolute Gasteiger partial charge is 0.481 e. The summed E-state index contributed by atoms with van der Waals surface area (Å²) in [5.74, 6) is -2.20. The molecule has 8 heteroatoms. The number of carbonyl (C=O) groups excluding carboxylic acids is 3. The smallest absolute Gasteiger partial charge is 0.306 e. The van der Waals surface area contributed by atoms with Gasteiger partial charge in [-0.2, -0.15) is 0 Å². The van der Waals surface area contributed by atoms with Gasteiger partial charge >= 0.3 is 11.9 Å². The highest BCUT2D eigenvalue weighted by atomic mass is 16.5. The molecule has 33 heavy (non-hydrogen) atoms. The second kappa shape index (κ2) is 8.31. The van der Waals surface area contributed by atoms with Gasteiger partial charge in [-0.15, -0.1) is 0 Å². The Labute approximate surface area is 193 Å². The standard InChI is InChI=1S/C25H34O8/c1-23-9-7-15(26)11-14(23)3-4-16-17-8-10-25(32,24(17,2)12-18(27)22(16)23)19(28)13-33-21(31)6-5-20(29)30/h11,16-18,22,27,32H,3-10,12-13H2,1-2H3,(H,29,30)/t16-,17-,18+,22+,23+,24-,25-/m1/s1. The number of ether oxygens (including phenoxy) is 1. The van der Waals surface area contributed by atoms with Crippen molar-refractivity contribution in [2.75, 3.05) is 6.61 Å². The Kier molecular flexibility index (Phi) is 6.06. The quantitative estimate of drug-likeness (QED) is 0.511. The van der Waals surface area contributed by atoms with Crippen molar-refractivity contribution in [1.82, 2.24) is 0 Å². The molecule has 0 aromatic heterocycles. The Bertz CT molecular complexity index is 908. The fraction of sp³-hybridized carbons (Fsp3) is 0.760. The van der Waals surface area contributed by atoms with Crippen LogP contribution in [0.25, 0.3) is 0 Å². The number of rotatable bonds is 6. The molecule has 4 aliphatic rings. The molecular weight excluding hydrogens is 428 g/mol. The minimum absolute atomic E-state index is 0.0185. The van der Waals surface area contributed by atoms with Crippen LogP contribution in [0.3, 0.4) is 0 Å². The number of carbonyl (C=O) groups is 4. The molecular formula is C25H34O8. The first-order valence-corrected chi connectivity index (χ1v) is 12.0. The molecule has 0 saturated heterocycles. The van der Waals surface area contributed by atoms with Crippen LogP contribution in [-0.4, -0.2) is 57.1 Å². The van der Waals surface area contributed by atoms with Crippen molar-refractivity contribution in [1.29, 1.82) is 0 Å². The number of hydrogen-bond acceptors (Lipinski definition) is 7. The lowest BCUT2D eigenvalue weighted by Crippen LogP contribution is -2.62. The number of esters is 1. The maximum atomic E-state index is 13.1. The van der Waals surface area contributed by atoms with E-state index in [2.05, 4.69) is 6.92 Å². The monoisotopic (exact) mass is 462 g/mol. The molecule has 0 radical (unpaired) electrons. The maximum absolute atomic E-state index is 13.1. The average Bonchev–Trinajstić information content (AvgIpc) is 3.02. The SMILES string of the molecule is C[C@]12CCC(=O)C=C1CC[C@H]1[C@H]2[C@@H](O)C[C@]2(C)[C@@H]1CC[C@@]2(O)C(=O)COC(=O)CCC(=O)O. The van der Waals surface area contributed by atoms with Crippen molar-refractivity contribution in [3.8, 4) is 0 Å². The zero-order valence-corrected chi connectivity index (χ0v) is 19.3. The molecule has 0 bridgehead atoms. The van der Waals surface area contributed by atoms with Crippen molar-refractivity contribution < 1.29 is 39.2 Å². The second-order valence-electron chi connectivity index (χ2n) is 11.0. The molecule has 0 unspecified atom stereocenters. The molecule has 0 heterocycles. The van der Waals surface area contributed by atoms with Crippen LogP contribution in [-0.2, 0) is 23.9 Å². The normalized spacial score (nSPS) is 41.9. The van der Waals surface area contributed by atoms with Gasteiger partial charge in [0.15, 0.2) is 12.4 Å². The predicted octanol–water partition coefficient (Wildman–Crippen LogP) is 2.20. The highest BCUT2D eigenvalue weighted by Gasteiger charge is 2.68. The van der Waals surface area contributed by atoms with Gasteiger partial charge in [0.2, 0.25) is 5.78 Å². The Balaban J connectivity index is 1.53. The van der Waals surface area contributed by atoms with E-state index in [0.29, 0.717) is 12.8 Å². The molecule has 3 fully saturated rings. The summed E-state index contributed by atoms with van der Waals surface area (Å²) in [4.78, 5) is 47.5. The van der Waals surface area contributed by atoms with E-state index in [1.165, 1.54) is 0 Å². The molecule has 0 amide bonds. The second-order valence-corrected chi connectivity index (χ2v) is 11.0. The van der Waals surface area contributed by atoms with E-state index < -0.39 is 41.4 Å². The Morgan fingerprint density at radius 3 is 2.55 bits per heavy atom. The zero-order chi connectivity index (χ0) is 24.2. The van der Waals surface area contributed by atoms with Crippen LogP contribution in [0.5, 0.6) is 0 Å². The lowest BCUT2D eigenvalue weighted by Gasteiger charge is -2.60. The number of aliphatic hydroxyl groups excluding tert-OH is 1. The van der Waals surface area contributed by atoms with E-state index >= 15 is 0 Å². The molecule has 182 valence electrons. The molecule has 0 spiro atoms. The van der Waals surface area contributed by atoms with Gasteiger partial charge in [0.25, 0.3) is 0 Å². The third kappa shape index (κ3) is 3.75. The fourth-order valence-electron chi connectivity index (χ4n) is 7.70. The summed E-state index contributed by atoms with van der Waals surface area (Å²) < 4.78 is 4.97. The lowest BCUT2D eigenvalue weighted by atomic mass is 9.45. The third-order valence-corrected chi connectivity index (χ3v) is 9.42. The van der Waals surface area contributed by atoms with Crippen LogP contribution >= 0.6 is 0 Å². The van der Waals surface area contributed by atoms with Gasteiger partial charge in [-0.1, -0.05) is 19.4 Å². The van der Waals surface area contributed by atoms with Gasteiger partial charge in [0.05, 0.1) is 18.9 Å². The minimum atomic E-state index is -1.71. The first kappa shape index (κ1) is 24.1. The van der Waals surface area contributed by atoms with E-state index in [-0.39, 0.29) is 54.6 Å². The highest BCUT2D eigenvalue weighted by molar-refractivity contribution is 5.92. The topological polar surface area (TPSA) is 138 Å². The van der Waals surface area contributed by atoms with Gasteiger partial charge < -0.3 is 20.1 Å². The molecule has 0 aromatic rings. The van der Waals surface area contributed by atoms with Gasteiger partial charge in [0.1, 0.15) is 5.60 Å². The van der Waals surface area contributed by atoms with Crippen LogP contribution in [0, 0.1) is 28.6 Å². The summed E-state index contributed by atoms with van der Waals surface area (Å²) in [6.07, 6.45) is 4.30. The van der Waals surface area contributed by atoms with Crippen molar-refractivity contribution in [2.24, 2.45) is 28.6 Å². The first-order valence-electron chi connectivity index (χ1n) is 12.0. The zero-order valence-electron chi connectivity index (χ0n) is 19.3. The average molecular weight is 463 g/mol.